The molecule has 0 saturated heterocycles. The standard InChI is InChI=1S/C16H18N2O/c1-10-7-8-12-16-15(10)14(19)9-18(16)13-6-4-2-3-5-11(13)17-12/h7-8,10H,2-6,9H2,1H3. The number of Topliss-reactive ketones (excluding diaryl/α,β-unsaturated/α-hetero) is 1. The number of hydrogen-bond acceptors (Lipinski definition) is 3. The second-order valence-corrected chi connectivity index (χ2v) is 5.87. The third-order valence-corrected chi connectivity index (χ3v) is 4.61. The molecule has 0 radical (unpaired) electrons. The van der Waals surface area contributed by atoms with E-state index in [0.29, 0.717) is 6.54 Å². The molecule has 4 aliphatic rings. The molecular formula is C16H18N2O. The first-order valence-corrected chi connectivity index (χ1v) is 7.30. The molecule has 3 nitrogen and oxygen atoms in total. The van der Waals surface area contributed by atoms with Crippen molar-refractivity contribution in [3.05, 3.63) is 34.8 Å². The van der Waals surface area contributed by atoms with Crippen molar-refractivity contribution in [2.45, 2.75) is 39.0 Å². The van der Waals surface area contributed by atoms with Crippen molar-refractivity contribution in [2.24, 2.45) is 10.9 Å². The summed E-state index contributed by atoms with van der Waals surface area (Å²) in [5, 5.41) is 0. The molecule has 3 heteroatoms. The Morgan fingerprint density at radius 3 is 3.00 bits per heavy atom. The lowest BCUT2D eigenvalue weighted by molar-refractivity contribution is -0.115. The molecule has 0 bridgehead atoms. The summed E-state index contributed by atoms with van der Waals surface area (Å²) in [5.41, 5.74) is 5.66. The molecule has 0 saturated carbocycles. The summed E-state index contributed by atoms with van der Waals surface area (Å²) in [6.45, 7) is 2.64. The second kappa shape index (κ2) is 3.92. The van der Waals surface area contributed by atoms with E-state index in [1.807, 2.05) is 0 Å². The summed E-state index contributed by atoms with van der Waals surface area (Å²) in [6.07, 6.45) is 10.1. The van der Waals surface area contributed by atoms with Crippen molar-refractivity contribution in [1.82, 2.24) is 4.90 Å². The van der Waals surface area contributed by atoms with Gasteiger partial charge >= 0.3 is 0 Å². The van der Waals surface area contributed by atoms with Gasteiger partial charge in [0.25, 0.3) is 0 Å². The van der Waals surface area contributed by atoms with Crippen LogP contribution in [0.5, 0.6) is 0 Å². The van der Waals surface area contributed by atoms with Gasteiger partial charge in [-0.1, -0.05) is 19.4 Å². The quantitative estimate of drug-likeness (QED) is 0.665. The number of carbonyl (C=O) groups is 1. The molecule has 0 aromatic rings. The predicted octanol–water partition coefficient (Wildman–Crippen LogP) is 2.96. The Kier molecular flexibility index (Phi) is 2.32. The van der Waals surface area contributed by atoms with E-state index in [1.54, 1.807) is 0 Å². The van der Waals surface area contributed by atoms with Gasteiger partial charge < -0.3 is 4.90 Å². The van der Waals surface area contributed by atoms with Gasteiger partial charge in [0.15, 0.2) is 5.78 Å². The predicted molar refractivity (Wildman–Crippen MR) is 74.6 cm³/mol. The van der Waals surface area contributed by atoms with E-state index in [-0.39, 0.29) is 11.7 Å². The normalized spacial score (nSPS) is 29.3. The van der Waals surface area contributed by atoms with Gasteiger partial charge in [0.2, 0.25) is 0 Å². The van der Waals surface area contributed by atoms with Crippen molar-refractivity contribution in [3.8, 4) is 0 Å². The van der Waals surface area contributed by atoms with E-state index in [4.69, 9.17) is 4.99 Å². The first-order valence-electron chi connectivity index (χ1n) is 7.30. The number of hydrogen-bond donors (Lipinski definition) is 0. The van der Waals surface area contributed by atoms with Crippen molar-refractivity contribution in [1.29, 1.82) is 0 Å². The summed E-state index contributed by atoms with van der Waals surface area (Å²) in [6, 6.07) is 0. The Bertz CT molecular complexity index is 592. The van der Waals surface area contributed by atoms with Gasteiger partial charge in [-0.15, -0.1) is 0 Å². The molecule has 19 heavy (non-hydrogen) atoms. The lowest BCUT2D eigenvalue weighted by Gasteiger charge is -2.31. The number of ketones is 1. The number of carbonyl (C=O) groups excluding carboxylic acids is 1. The van der Waals surface area contributed by atoms with E-state index < -0.39 is 0 Å². The summed E-state index contributed by atoms with van der Waals surface area (Å²) in [5.74, 6) is 0.525. The fraction of sp³-hybridized carbons (Fsp3) is 0.500. The molecule has 0 fully saturated rings. The zero-order chi connectivity index (χ0) is 13.0. The topological polar surface area (TPSA) is 32.7 Å². The lowest BCUT2D eigenvalue weighted by atomic mass is 9.90. The maximum absolute atomic E-state index is 12.3. The van der Waals surface area contributed by atoms with Crippen molar-refractivity contribution < 1.29 is 4.79 Å². The van der Waals surface area contributed by atoms with Gasteiger partial charge in [0, 0.05) is 17.2 Å². The zero-order valence-electron chi connectivity index (χ0n) is 11.3. The van der Waals surface area contributed by atoms with Crippen LogP contribution in [-0.4, -0.2) is 22.9 Å². The molecule has 0 amide bonds. The smallest absolute Gasteiger partial charge is 0.181 e. The Balaban J connectivity index is 1.89. The lowest BCUT2D eigenvalue weighted by Crippen LogP contribution is -2.29. The van der Waals surface area contributed by atoms with Gasteiger partial charge in [0.1, 0.15) is 0 Å². The van der Waals surface area contributed by atoms with Gasteiger partial charge in [0.05, 0.1) is 23.7 Å². The molecule has 1 unspecified atom stereocenters. The summed E-state index contributed by atoms with van der Waals surface area (Å²) >= 11 is 0. The largest absolute Gasteiger partial charge is 0.333 e. The highest BCUT2D eigenvalue weighted by atomic mass is 16.1. The fourth-order valence-corrected chi connectivity index (χ4v) is 3.67. The van der Waals surface area contributed by atoms with Crippen molar-refractivity contribution in [3.63, 3.8) is 0 Å². The SMILES string of the molecule is CC1C=CC2=NC3=C(CCCCC3)N3CC(=O)C1=C23. The van der Waals surface area contributed by atoms with Crippen LogP contribution in [0.3, 0.4) is 0 Å². The highest BCUT2D eigenvalue weighted by Gasteiger charge is 2.40. The van der Waals surface area contributed by atoms with Crippen LogP contribution >= 0.6 is 0 Å². The second-order valence-electron chi connectivity index (χ2n) is 5.87. The maximum Gasteiger partial charge on any atom is 0.181 e. The molecule has 0 N–H and O–H groups in total. The molecule has 2 aliphatic heterocycles. The number of allylic oxidation sites excluding steroid dienone is 4. The molecule has 98 valence electrons. The molecular weight excluding hydrogens is 236 g/mol. The van der Waals surface area contributed by atoms with Crippen LogP contribution < -0.4 is 0 Å². The van der Waals surface area contributed by atoms with Crippen LogP contribution in [0.2, 0.25) is 0 Å². The number of nitrogens with zero attached hydrogens (tertiary/aromatic N) is 2. The molecule has 1 atom stereocenters. The Morgan fingerprint density at radius 2 is 2.11 bits per heavy atom. The molecule has 4 rings (SSSR count). The van der Waals surface area contributed by atoms with Gasteiger partial charge in [-0.2, -0.15) is 0 Å². The first-order chi connectivity index (χ1) is 9.25. The maximum atomic E-state index is 12.3. The minimum Gasteiger partial charge on any atom is -0.333 e. The van der Waals surface area contributed by atoms with Gasteiger partial charge in [-0.3, -0.25) is 4.79 Å². The average Bonchev–Trinajstić information content (AvgIpc) is 2.60. The molecule has 0 aromatic heterocycles. The third kappa shape index (κ3) is 1.50. The molecule has 2 aliphatic carbocycles. The molecule has 2 heterocycles. The monoisotopic (exact) mass is 254 g/mol. The number of aliphatic imine (C=N–C) groups is 1. The van der Waals surface area contributed by atoms with Crippen LogP contribution in [0.25, 0.3) is 0 Å². The molecule has 0 spiro atoms. The minimum absolute atomic E-state index is 0.236. The van der Waals surface area contributed by atoms with E-state index in [0.717, 1.165) is 29.8 Å². The van der Waals surface area contributed by atoms with E-state index in [2.05, 4.69) is 24.0 Å². The fourth-order valence-electron chi connectivity index (χ4n) is 3.67. The van der Waals surface area contributed by atoms with E-state index in [1.165, 1.54) is 30.7 Å². The van der Waals surface area contributed by atoms with E-state index >= 15 is 0 Å². The Labute approximate surface area is 113 Å². The number of rotatable bonds is 0. The highest BCUT2D eigenvalue weighted by molar-refractivity contribution is 6.19. The minimum atomic E-state index is 0.236. The van der Waals surface area contributed by atoms with Crippen LogP contribution in [-0.2, 0) is 4.79 Å². The highest BCUT2D eigenvalue weighted by Crippen LogP contribution is 2.41. The van der Waals surface area contributed by atoms with Crippen LogP contribution in [0.4, 0.5) is 0 Å². The first kappa shape index (κ1) is 11.2. The zero-order valence-corrected chi connectivity index (χ0v) is 11.3. The third-order valence-electron chi connectivity index (χ3n) is 4.61. The summed E-state index contributed by atoms with van der Waals surface area (Å²) < 4.78 is 0. The Hall–Kier alpha value is -1.64. The summed E-state index contributed by atoms with van der Waals surface area (Å²) in [7, 11) is 0. The van der Waals surface area contributed by atoms with Gasteiger partial charge in [-0.05, 0) is 31.8 Å². The average molecular weight is 254 g/mol. The van der Waals surface area contributed by atoms with E-state index in [9.17, 15) is 4.79 Å². The molecule has 0 aromatic carbocycles. The van der Waals surface area contributed by atoms with Gasteiger partial charge in [-0.25, -0.2) is 4.99 Å². The van der Waals surface area contributed by atoms with Crippen molar-refractivity contribution in [2.75, 3.05) is 6.54 Å². The Morgan fingerprint density at radius 1 is 1.26 bits per heavy atom. The van der Waals surface area contributed by atoms with Crippen molar-refractivity contribution >= 4 is 11.5 Å². The number of fused-ring (bicyclic) bond motifs is 1. The summed E-state index contributed by atoms with van der Waals surface area (Å²) in [4.78, 5) is 19.4. The van der Waals surface area contributed by atoms with Crippen LogP contribution in [0.1, 0.15) is 39.0 Å². The van der Waals surface area contributed by atoms with Crippen LogP contribution in [0, 0.1) is 5.92 Å². The van der Waals surface area contributed by atoms with Crippen LogP contribution in [0.15, 0.2) is 39.8 Å².